The molecule has 2 heterocycles. The maximum absolute atomic E-state index is 13.1. The van der Waals surface area contributed by atoms with Gasteiger partial charge in [0.05, 0.1) is 6.61 Å². The Morgan fingerprint density at radius 2 is 1.75 bits per heavy atom. The van der Waals surface area contributed by atoms with Crippen molar-refractivity contribution in [3.8, 4) is 5.75 Å². The van der Waals surface area contributed by atoms with E-state index in [0.29, 0.717) is 42.2 Å². The smallest absolute Gasteiger partial charge is 0.329 e. The third-order valence-corrected chi connectivity index (χ3v) is 14.2. The number of aryl methyl sites for hydroxylation is 2. The van der Waals surface area contributed by atoms with Gasteiger partial charge in [-0.2, -0.15) is 0 Å². The molecule has 2 N–H and O–H groups in total. The Morgan fingerprint density at radius 1 is 0.965 bits per heavy atom. The molecule has 0 bridgehead atoms. The number of ether oxygens (including phenoxy) is 1. The monoisotopic (exact) mass is 788 g/mol. The van der Waals surface area contributed by atoms with Gasteiger partial charge in [-0.25, -0.2) is 4.79 Å². The van der Waals surface area contributed by atoms with Crippen LogP contribution in [-0.4, -0.2) is 70.7 Å². The molecule has 1 spiro atoms. The van der Waals surface area contributed by atoms with Gasteiger partial charge in [0.15, 0.2) is 0 Å². The van der Waals surface area contributed by atoms with Gasteiger partial charge in [-0.3, -0.25) is 9.88 Å². The number of piperazine rings is 1. The SMILES string of the molecule is C[C@@H](COc1ccnc2c1[C@H](C)CCC2)CC1Cc2ccc(CN3CCN(CCCc4ccccc4)CC3)cc2C12CCC(Nc1cccc(Cl)c1)(C(=O)O)CC2. The Balaban J connectivity index is 0.969. The molecule has 1 saturated heterocycles. The van der Waals surface area contributed by atoms with E-state index >= 15 is 0 Å². The highest BCUT2D eigenvalue weighted by atomic mass is 35.5. The van der Waals surface area contributed by atoms with Gasteiger partial charge >= 0.3 is 5.97 Å². The van der Waals surface area contributed by atoms with Crippen LogP contribution in [0.25, 0.3) is 0 Å². The second-order valence-electron chi connectivity index (χ2n) is 17.9. The van der Waals surface area contributed by atoms with Crippen LogP contribution in [0.1, 0.15) is 105 Å². The number of hydrogen-bond donors (Lipinski definition) is 2. The normalized spacial score (nSPS) is 25.5. The fraction of sp³-hybridized carbons (Fsp3) is 0.510. The van der Waals surface area contributed by atoms with Crippen molar-refractivity contribution in [1.82, 2.24) is 14.8 Å². The van der Waals surface area contributed by atoms with E-state index in [1.165, 1.54) is 52.8 Å². The van der Waals surface area contributed by atoms with Crippen molar-refractivity contribution in [2.24, 2.45) is 11.8 Å². The van der Waals surface area contributed by atoms with E-state index in [9.17, 15) is 9.90 Å². The summed E-state index contributed by atoms with van der Waals surface area (Å²) in [5, 5.41) is 14.8. The molecule has 8 heteroatoms. The van der Waals surface area contributed by atoms with E-state index < -0.39 is 11.5 Å². The number of carbonyl (C=O) groups is 1. The molecule has 57 heavy (non-hydrogen) atoms. The highest BCUT2D eigenvalue weighted by molar-refractivity contribution is 6.30. The maximum atomic E-state index is 13.1. The Labute approximate surface area is 345 Å². The van der Waals surface area contributed by atoms with E-state index in [1.54, 1.807) is 0 Å². The third-order valence-electron chi connectivity index (χ3n) is 14.0. The summed E-state index contributed by atoms with van der Waals surface area (Å²) in [4.78, 5) is 23.1. The first-order chi connectivity index (χ1) is 27.7. The molecule has 8 rings (SSSR count). The standard InChI is InChI=1S/C49H61ClN4O3/c1-35(34-57-45-18-23-51-44-15-6-9-36(2)46(44)45)29-40-31-39-17-16-38(33-54-27-25-53(26-28-54)24-8-12-37-10-4-3-5-11-37)30-43(39)48(40)19-21-49(22-20-48,47(55)56)52-42-14-7-13-41(50)32-42/h3-5,7,10-11,13-14,16-18,23,30,32,35-36,40,52H,6,8-9,12,15,19-22,24-29,31,33-34H2,1-2H3,(H,55,56)/t35-,36-,40?,48?,49?/m1/s1. The lowest BCUT2D eigenvalue weighted by atomic mass is 9.59. The van der Waals surface area contributed by atoms with Gasteiger partial charge in [-0.1, -0.05) is 80.0 Å². The van der Waals surface area contributed by atoms with E-state index in [-0.39, 0.29) is 5.41 Å². The minimum absolute atomic E-state index is 0.0731. The fourth-order valence-electron chi connectivity index (χ4n) is 10.8. The Kier molecular flexibility index (Phi) is 12.3. The molecular formula is C49H61ClN4O3. The van der Waals surface area contributed by atoms with Crippen molar-refractivity contribution in [1.29, 1.82) is 0 Å². The Hall–Kier alpha value is -3.91. The topological polar surface area (TPSA) is 77.9 Å². The zero-order chi connectivity index (χ0) is 39.4. The minimum Gasteiger partial charge on any atom is -0.493 e. The summed E-state index contributed by atoms with van der Waals surface area (Å²) < 4.78 is 6.65. The van der Waals surface area contributed by atoms with Crippen molar-refractivity contribution in [2.75, 3.05) is 44.6 Å². The highest BCUT2D eigenvalue weighted by Crippen LogP contribution is 2.56. The summed E-state index contributed by atoms with van der Waals surface area (Å²) in [7, 11) is 0. The van der Waals surface area contributed by atoms with Gasteiger partial charge in [-0.15, -0.1) is 0 Å². The number of hydrogen-bond acceptors (Lipinski definition) is 6. The number of nitrogens with one attached hydrogen (secondary N) is 1. The first-order valence-electron chi connectivity index (χ1n) is 21.7. The number of pyridine rings is 1. The Morgan fingerprint density at radius 3 is 2.53 bits per heavy atom. The van der Waals surface area contributed by atoms with Crippen molar-refractivity contribution in [2.45, 2.75) is 108 Å². The van der Waals surface area contributed by atoms with Crippen LogP contribution in [0.3, 0.4) is 0 Å². The van der Waals surface area contributed by atoms with Gasteiger partial charge in [0.1, 0.15) is 11.3 Å². The first-order valence-corrected chi connectivity index (χ1v) is 22.1. The molecule has 1 aromatic heterocycles. The molecule has 2 fully saturated rings. The lowest BCUT2D eigenvalue weighted by molar-refractivity contribution is -0.144. The number of rotatable bonds is 14. The van der Waals surface area contributed by atoms with Crippen LogP contribution in [0.2, 0.25) is 5.02 Å². The maximum Gasteiger partial charge on any atom is 0.329 e. The average molecular weight is 790 g/mol. The number of benzene rings is 3. The summed E-state index contributed by atoms with van der Waals surface area (Å²) >= 11 is 6.34. The van der Waals surface area contributed by atoms with Crippen LogP contribution >= 0.6 is 11.6 Å². The summed E-state index contributed by atoms with van der Waals surface area (Å²) in [5.41, 5.74) is 7.89. The lowest BCUT2D eigenvalue weighted by Gasteiger charge is -2.47. The number of aliphatic carboxylic acids is 1. The molecule has 3 atom stereocenters. The second kappa shape index (κ2) is 17.5. The molecule has 302 valence electrons. The van der Waals surface area contributed by atoms with Crippen LogP contribution in [-0.2, 0) is 36.0 Å². The van der Waals surface area contributed by atoms with Crippen LogP contribution in [0, 0.1) is 11.8 Å². The molecule has 7 nitrogen and oxygen atoms in total. The predicted molar refractivity (Wildman–Crippen MR) is 231 cm³/mol. The molecular weight excluding hydrogens is 728 g/mol. The zero-order valence-electron chi connectivity index (χ0n) is 34.0. The van der Waals surface area contributed by atoms with Crippen LogP contribution in [0.4, 0.5) is 5.69 Å². The van der Waals surface area contributed by atoms with Gasteiger partial charge in [-0.05, 0) is 147 Å². The number of carboxylic acid groups (broad SMARTS) is 1. The predicted octanol–water partition coefficient (Wildman–Crippen LogP) is 9.95. The van der Waals surface area contributed by atoms with E-state index in [1.807, 2.05) is 30.5 Å². The van der Waals surface area contributed by atoms with Gasteiger partial charge in [0.2, 0.25) is 0 Å². The van der Waals surface area contributed by atoms with Gasteiger partial charge in [0.25, 0.3) is 0 Å². The molecule has 1 unspecified atom stereocenters. The molecule has 4 aliphatic rings. The van der Waals surface area contributed by atoms with Crippen LogP contribution in [0.5, 0.6) is 5.75 Å². The lowest BCUT2D eigenvalue weighted by Crippen LogP contribution is -2.53. The molecule has 4 aromatic rings. The highest BCUT2D eigenvalue weighted by Gasteiger charge is 2.54. The number of aromatic nitrogens is 1. The van der Waals surface area contributed by atoms with Crippen molar-refractivity contribution >= 4 is 23.3 Å². The quantitative estimate of drug-likeness (QED) is 0.132. The largest absolute Gasteiger partial charge is 0.493 e. The molecule has 0 amide bonds. The van der Waals surface area contributed by atoms with Crippen LogP contribution < -0.4 is 10.1 Å². The minimum atomic E-state index is -1.03. The molecule has 0 radical (unpaired) electrons. The number of fused-ring (bicyclic) bond motifs is 3. The molecule has 1 aliphatic heterocycles. The van der Waals surface area contributed by atoms with Crippen molar-refractivity contribution in [3.05, 3.63) is 124 Å². The summed E-state index contributed by atoms with van der Waals surface area (Å²) in [6.07, 6.45) is 12.5. The van der Waals surface area contributed by atoms with E-state index in [0.717, 1.165) is 89.2 Å². The number of carboxylic acids is 1. The number of nitrogens with zero attached hydrogens (tertiary/aromatic N) is 3. The van der Waals surface area contributed by atoms with E-state index in [4.69, 9.17) is 21.3 Å². The Bertz CT molecular complexity index is 1990. The summed E-state index contributed by atoms with van der Waals surface area (Å²) in [6.45, 7) is 11.8. The molecule has 3 aromatic carbocycles. The summed E-state index contributed by atoms with van der Waals surface area (Å²) in [6, 6.07) is 27.7. The van der Waals surface area contributed by atoms with Crippen LogP contribution in [0.15, 0.2) is 85.1 Å². The van der Waals surface area contributed by atoms with Gasteiger partial charge in [0, 0.05) is 60.9 Å². The van der Waals surface area contributed by atoms with Crippen molar-refractivity contribution in [3.63, 3.8) is 0 Å². The third kappa shape index (κ3) is 8.91. The average Bonchev–Trinajstić information content (AvgIpc) is 3.50. The molecule has 3 aliphatic carbocycles. The van der Waals surface area contributed by atoms with Gasteiger partial charge < -0.3 is 20.1 Å². The molecule has 1 saturated carbocycles. The van der Waals surface area contributed by atoms with Crippen molar-refractivity contribution < 1.29 is 14.6 Å². The number of halogens is 1. The number of anilines is 1. The summed E-state index contributed by atoms with van der Waals surface area (Å²) in [5.74, 6) is 1.47. The second-order valence-corrected chi connectivity index (χ2v) is 18.3. The fourth-order valence-corrected chi connectivity index (χ4v) is 11.0. The zero-order valence-corrected chi connectivity index (χ0v) is 34.8. The first kappa shape index (κ1) is 39.9. The van der Waals surface area contributed by atoms with E-state index in [2.05, 4.69) is 83.6 Å².